The zero-order chi connectivity index (χ0) is 21.1. The van der Waals surface area contributed by atoms with Gasteiger partial charge >= 0.3 is 0 Å². The van der Waals surface area contributed by atoms with Gasteiger partial charge in [-0.3, -0.25) is 9.59 Å². The second-order valence-electron chi connectivity index (χ2n) is 8.46. The first-order valence-corrected chi connectivity index (χ1v) is 10.7. The Balaban J connectivity index is 1.36. The molecule has 0 spiro atoms. The first-order valence-electron chi connectivity index (χ1n) is 10.7. The molecule has 4 rings (SSSR count). The number of hydrogen-bond donors (Lipinski definition) is 0. The molecule has 3 nitrogen and oxygen atoms in total. The van der Waals surface area contributed by atoms with Gasteiger partial charge in [-0.15, -0.1) is 0 Å². The van der Waals surface area contributed by atoms with Crippen LogP contribution < -0.4 is 0 Å². The van der Waals surface area contributed by atoms with E-state index in [1.54, 1.807) is 0 Å². The van der Waals surface area contributed by atoms with Crippen molar-refractivity contribution < 1.29 is 14.3 Å². The van der Waals surface area contributed by atoms with Crippen molar-refractivity contribution in [1.82, 2.24) is 0 Å². The maximum atomic E-state index is 12.7. The molecule has 0 amide bonds. The highest BCUT2D eigenvalue weighted by atomic mass is 16.5. The quantitative estimate of drug-likeness (QED) is 0.548. The van der Waals surface area contributed by atoms with Crippen LogP contribution in [-0.4, -0.2) is 18.2 Å². The van der Waals surface area contributed by atoms with E-state index in [9.17, 15) is 9.59 Å². The molecular weight excluding hydrogens is 372 g/mol. The topological polar surface area (TPSA) is 43.4 Å². The Morgan fingerprint density at radius 3 is 2.43 bits per heavy atom. The number of carbonyl (C=O) groups is 2. The minimum absolute atomic E-state index is 0.0887. The molecule has 1 aliphatic carbocycles. The summed E-state index contributed by atoms with van der Waals surface area (Å²) in [6.07, 6.45) is 4.52. The van der Waals surface area contributed by atoms with E-state index in [0.29, 0.717) is 37.4 Å². The summed E-state index contributed by atoms with van der Waals surface area (Å²) in [6.45, 7) is 4.64. The summed E-state index contributed by atoms with van der Waals surface area (Å²) in [6, 6.07) is 18.3. The van der Waals surface area contributed by atoms with Crippen molar-refractivity contribution in [3.63, 3.8) is 0 Å². The van der Waals surface area contributed by atoms with E-state index >= 15 is 0 Å². The van der Waals surface area contributed by atoms with Crippen LogP contribution in [0.3, 0.4) is 0 Å². The van der Waals surface area contributed by atoms with Gasteiger partial charge in [-0.1, -0.05) is 66.2 Å². The molecule has 0 saturated carbocycles. The third-order valence-corrected chi connectivity index (χ3v) is 6.19. The highest BCUT2D eigenvalue weighted by molar-refractivity contribution is 6.01. The van der Waals surface area contributed by atoms with Gasteiger partial charge in [0.15, 0.2) is 11.6 Å². The molecule has 2 atom stereocenters. The van der Waals surface area contributed by atoms with Crippen LogP contribution in [0.5, 0.6) is 0 Å². The molecule has 2 aromatic rings. The zero-order valence-corrected chi connectivity index (χ0v) is 17.7. The zero-order valence-electron chi connectivity index (χ0n) is 17.7. The lowest BCUT2D eigenvalue weighted by Gasteiger charge is -2.15. The largest absolute Gasteiger partial charge is 0.373 e. The molecule has 0 aromatic heterocycles. The molecule has 30 heavy (non-hydrogen) atoms. The third kappa shape index (κ3) is 4.52. The van der Waals surface area contributed by atoms with Crippen LogP contribution in [0.1, 0.15) is 73.0 Å². The second-order valence-corrected chi connectivity index (χ2v) is 8.46. The summed E-state index contributed by atoms with van der Waals surface area (Å²) in [4.78, 5) is 24.9. The SMILES string of the molecule is CC1=CC(C)=C(CCC(=O)c2ccc(C3COC(c4ccccc4)C3)cc2)C(=O)C1. The lowest BCUT2D eigenvalue weighted by Crippen LogP contribution is -2.11. The Hall–Kier alpha value is -2.78. The minimum Gasteiger partial charge on any atom is -0.373 e. The highest BCUT2D eigenvalue weighted by Crippen LogP contribution is 2.38. The number of ether oxygens (including phenoxy) is 1. The van der Waals surface area contributed by atoms with Crippen molar-refractivity contribution in [2.75, 3.05) is 6.61 Å². The Kier molecular flexibility index (Phi) is 6.10. The number of hydrogen-bond acceptors (Lipinski definition) is 3. The summed E-state index contributed by atoms with van der Waals surface area (Å²) >= 11 is 0. The van der Waals surface area contributed by atoms with Gasteiger partial charge in [-0.05, 0) is 49.0 Å². The molecule has 1 saturated heterocycles. The fraction of sp³-hybridized carbons (Fsp3) is 0.333. The van der Waals surface area contributed by atoms with E-state index in [4.69, 9.17) is 4.74 Å². The Morgan fingerprint density at radius 2 is 1.73 bits per heavy atom. The molecule has 0 N–H and O–H groups in total. The predicted octanol–water partition coefficient (Wildman–Crippen LogP) is 6.13. The van der Waals surface area contributed by atoms with E-state index in [2.05, 4.69) is 30.3 Å². The van der Waals surface area contributed by atoms with Crippen molar-refractivity contribution >= 4 is 11.6 Å². The van der Waals surface area contributed by atoms with E-state index in [1.165, 1.54) is 11.1 Å². The van der Waals surface area contributed by atoms with E-state index in [1.807, 2.05) is 44.2 Å². The second kappa shape index (κ2) is 8.93. The van der Waals surface area contributed by atoms with Crippen LogP contribution in [0.2, 0.25) is 0 Å². The molecule has 1 aliphatic heterocycles. The van der Waals surface area contributed by atoms with Crippen LogP contribution >= 0.6 is 0 Å². The lowest BCUT2D eigenvalue weighted by atomic mass is 9.88. The summed E-state index contributed by atoms with van der Waals surface area (Å²) < 4.78 is 6.01. The summed E-state index contributed by atoms with van der Waals surface area (Å²) in [7, 11) is 0. The molecule has 2 aromatic carbocycles. The van der Waals surface area contributed by atoms with Crippen molar-refractivity contribution in [2.24, 2.45) is 0 Å². The number of rotatable bonds is 6. The number of carbonyl (C=O) groups excluding carboxylic acids is 2. The molecule has 3 heteroatoms. The first kappa shape index (κ1) is 20.5. The van der Waals surface area contributed by atoms with Crippen LogP contribution in [0.15, 0.2) is 77.4 Å². The van der Waals surface area contributed by atoms with Crippen LogP contribution in [0, 0.1) is 0 Å². The van der Waals surface area contributed by atoms with Crippen LogP contribution in [-0.2, 0) is 9.53 Å². The van der Waals surface area contributed by atoms with Gasteiger partial charge in [-0.2, -0.15) is 0 Å². The Bertz CT molecular complexity index is 996. The lowest BCUT2D eigenvalue weighted by molar-refractivity contribution is -0.115. The fourth-order valence-corrected chi connectivity index (χ4v) is 4.51. The number of benzene rings is 2. The first-order chi connectivity index (χ1) is 14.5. The van der Waals surface area contributed by atoms with Crippen molar-refractivity contribution in [2.45, 2.75) is 51.6 Å². The number of Topliss-reactive ketones (excluding diaryl/α,β-unsaturated/α-hetero) is 2. The van der Waals surface area contributed by atoms with Crippen LogP contribution in [0.4, 0.5) is 0 Å². The average Bonchev–Trinajstić information content (AvgIpc) is 3.24. The van der Waals surface area contributed by atoms with Gasteiger partial charge in [-0.25, -0.2) is 0 Å². The van der Waals surface area contributed by atoms with Gasteiger partial charge in [0.2, 0.25) is 0 Å². The summed E-state index contributed by atoms with van der Waals surface area (Å²) in [5.74, 6) is 0.595. The molecular formula is C27H28O3. The van der Waals surface area contributed by atoms with Crippen LogP contribution in [0.25, 0.3) is 0 Å². The van der Waals surface area contributed by atoms with Gasteiger partial charge in [0.25, 0.3) is 0 Å². The van der Waals surface area contributed by atoms with Crippen molar-refractivity contribution in [1.29, 1.82) is 0 Å². The van der Waals surface area contributed by atoms with E-state index in [0.717, 1.165) is 23.1 Å². The molecule has 2 aliphatic rings. The third-order valence-electron chi connectivity index (χ3n) is 6.19. The molecule has 1 heterocycles. The van der Waals surface area contributed by atoms with Crippen molar-refractivity contribution in [3.8, 4) is 0 Å². The Morgan fingerprint density at radius 1 is 1.00 bits per heavy atom. The summed E-state index contributed by atoms with van der Waals surface area (Å²) in [5, 5.41) is 0. The molecule has 0 bridgehead atoms. The summed E-state index contributed by atoms with van der Waals surface area (Å²) in [5.41, 5.74) is 6.05. The maximum absolute atomic E-state index is 12.7. The predicted molar refractivity (Wildman–Crippen MR) is 119 cm³/mol. The van der Waals surface area contributed by atoms with Gasteiger partial charge < -0.3 is 4.74 Å². The monoisotopic (exact) mass is 400 g/mol. The molecule has 0 radical (unpaired) electrons. The average molecular weight is 401 g/mol. The molecule has 2 unspecified atom stereocenters. The van der Waals surface area contributed by atoms with E-state index < -0.39 is 0 Å². The van der Waals surface area contributed by atoms with Gasteiger partial charge in [0, 0.05) is 24.3 Å². The maximum Gasteiger partial charge on any atom is 0.163 e. The normalized spacial score (nSPS) is 21.7. The highest BCUT2D eigenvalue weighted by Gasteiger charge is 2.28. The van der Waals surface area contributed by atoms with Gasteiger partial charge in [0.1, 0.15) is 0 Å². The smallest absolute Gasteiger partial charge is 0.163 e. The number of ketones is 2. The number of allylic oxidation sites excluding steroid dienone is 4. The molecule has 1 fully saturated rings. The van der Waals surface area contributed by atoms with E-state index in [-0.39, 0.29) is 17.7 Å². The van der Waals surface area contributed by atoms with Crippen molar-refractivity contribution in [3.05, 3.63) is 94.1 Å². The Labute approximate surface area is 178 Å². The minimum atomic E-state index is 0.0887. The standard InChI is InChI=1S/C27H28O3/c1-18-14-19(2)24(26(29)15-18)12-13-25(28)21-10-8-20(9-11-21)23-16-27(30-17-23)22-6-4-3-5-7-22/h3-11,14,23,27H,12-13,15-17H2,1-2H3. The van der Waals surface area contributed by atoms with Gasteiger partial charge in [0.05, 0.1) is 12.7 Å². The molecule has 154 valence electrons. The fourth-order valence-electron chi connectivity index (χ4n) is 4.51.